The zero-order valence-electron chi connectivity index (χ0n) is 16.0. The van der Waals surface area contributed by atoms with Gasteiger partial charge in [-0.3, -0.25) is 17.6 Å². The fourth-order valence-corrected chi connectivity index (χ4v) is 2.30. The molecule has 0 fully saturated rings. The molecular weight excluding hydrogens is 619 g/mol. The maximum Gasteiger partial charge on any atom is 3.00 e. The van der Waals surface area contributed by atoms with Gasteiger partial charge in [-0.2, -0.15) is 0 Å². The minimum atomic E-state index is -0.649. The number of aromatic nitrogens is 2. The summed E-state index contributed by atoms with van der Waals surface area (Å²) in [7, 11) is 0. The molecule has 0 aliphatic carbocycles. The first kappa shape index (κ1) is 26.9. The van der Waals surface area contributed by atoms with Crippen molar-refractivity contribution < 1.29 is 37.7 Å². The van der Waals surface area contributed by atoms with E-state index in [1.54, 1.807) is 48.8 Å². The van der Waals surface area contributed by atoms with Crippen molar-refractivity contribution >= 4 is 12.6 Å². The Morgan fingerprint density at radius 3 is 1.41 bits per heavy atom. The molecule has 0 atom stereocenters. The number of benzene rings is 2. The molecule has 0 bridgehead atoms. The zero-order valence-corrected chi connectivity index (χ0v) is 19.2. The topological polar surface area (TPSA) is 49.6 Å². The van der Waals surface area contributed by atoms with Gasteiger partial charge in [0.25, 0.3) is 0 Å². The van der Waals surface area contributed by atoms with Crippen molar-refractivity contribution in [1.29, 1.82) is 5.26 Å². The zero-order chi connectivity index (χ0) is 22.6. The van der Waals surface area contributed by atoms with Crippen LogP contribution in [0.5, 0.6) is 0 Å². The predicted molar refractivity (Wildman–Crippen MR) is 110 cm³/mol. The van der Waals surface area contributed by atoms with Gasteiger partial charge in [-0.15, -0.1) is 24.3 Å². The van der Waals surface area contributed by atoms with Crippen molar-refractivity contribution in [2.75, 3.05) is 0 Å². The smallest absolute Gasteiger partial charge is 0.696 e. The van der Waals surface area contributed by atoms with E-state index in [1.807, 2.05) is 0 Å². The average molecular weight is 631 g/mol. The molecule has 0 spiro atoms. The Labute approximate surface area is 201 Å². The number of halogens is 4. The largest absolute Gasteiger partial charge is 3.00 e. The van der Waals surface area contributed by atoms with Crippen molar-refractivity contribution in [2.24, 2.45) is 0 Å². The molecule has 4 rings (SSSR count). The van der Waals surface area contributed by atoms with Crippen LogP contribution in [0.4, 0.5) is 17.6 Å². The number of hydrogen-bond acceptors (Lipinski definition) is 4. The number of pyridine rings is 2. The predicted octanol–water partition coefficient (Wildman–Crippen LogP) is 5.67. The summed E-state index contributed by atoms with van der Waals surface area (Å²) in [6, 6.07) is 19.1. The first-order valence-electron chi connectivity index (χ1n) is 8.53. The van der Waals surface area contributed by atoms with Crippen molar-refractivity contribution in [3.8, 4) is 27.9 Å². The molecule has 0 radical (unpaired) electrons. The second kappa shape index (κ2) is 14.0. The normalized spacial score (nSPS) is 9.09. The van der Waals surface area contributed by atoms with Crippen LogP contribution in [0.2, 0.25) is 0 Å². The third-order valence-electron chi connectivity index (χ3n) is 3.56. The second-order valence-electron chi connectivity index (χ2n) is 5.60. The molecule has 0 amide bonds. The minimum Gasteiger partial charge on any atom is -0.696 e. The second-order valence-corrected chi connectivity index (χ2v) is 5.79. The van der Waals surface area contributed by atoms with Gasteiger partial charge in [-0.25, -0.2) is 5.26 Å². The first-order valence-corrected chi connectivity index (χ1v) is 8.94. The standard InChI is InChI=1S/2C11H6F2N.CHNS.Ir/c2*12-8-4-5-9(10(13)7-8)11-3-1-2-6-14-11;2-1-3;/h2*1-4,6-7H;3H;/q2*-1;;+3/p-1. The third kappa shape index (κ3) is 8.16. The Balaban J connectivity index is 0.000000278. The molecule has 2 aromatic heterocycles. The maximum absolute atomic E-state index is 13.2. The molecular formula is C23H12F4IrN3S. The van der Waals surface area contributed by atoms with Gasteiger partial charge in [0.2, 0.25) is 0 Å². The molecule has 2 aromatic carbocycles. The van der Waals surface area contributed by atoms with Crippen molar-refractivity contribution in [3.63, 3.8) is 0 Å². The molecule has 0 aliphatic rings. The van der Waals surface area contributed by atoms with Crippen molar-refractivity contribution in [1.82, 2.24) is 9.97 Å². The van der Waals surface area contributed by atoms with E-state index in [2.05, 4.69) is 34.7 Å². The average Bonchev–Trinajstić information content (AvgIpc) is 2.76. The van der Waals surface area contributed by atoms with E-state index in [1.165, 1.54) is 5.40 Å². The van der Waals surface area contributed by atoms with E-state index in [9.17, 15) is 17.6 Å². The first-order chi connectivity index (χ1) is 15.0. The van der Waals surface area contributed by atoms with E-state index in [0.717, 1.165) is 24.3 Å². The van der Waals surface area contributed by atoms with E-state index in [-0.39, 0.29) is 31.2 Å². The van der Waals surface area contributed by atoms with Crippen LogP contribution >= 0.6 is 0 Å². The van der Waals surface area contributed by atoms with Crippen LogP contribution in [0.15, 0.2) is 73.1 Å². The molecule has 0 aliphatic heterocycles. The third-order valence-corrected chi connectivity index (χ3v) is 3.56. The van der Waals surface area contributed by atoms with Gasteiger partial charge in [0.15, 0.2) is 0 Å². The summed E-state index contributed by atoms with van der Waals surface area (Å²) in [5.74, 6) is -2.57. The van der Waals surface area contributed by atoms with Gasteiger partial charge >= 0.3 is 20.1 Å². The molecule has 0 saturated carbocycles. The molecule has 0 unspecified atom stereocenters. The number of hydrogen-bond donors (Lipinski definition) is 0. The number of nitrogens with zero attached hydrogens (tertiary/aromatic N) is 3. The SMILES string of the molecule is Fc1c[c-]c(-c2ccccn2)c(F)c1.Fc1c[c-]c(-c2ccccn2)c(F)c1.N#C[S-].[Ir+3]. The van der Waals surface area contributed by atoms with Gasteiger partial charge in [0.05, 0.1) is 0 Å². The molecule has 162 valence electrons. The minimum absolute atomic E-state index is 0. The molecule has 9 heteroatoms. The van der Waals surface area contributed by atoms with Crippen LogP contribution in [0, 0.1) is 46.1 Å². The van der Waals surface area contributed by atoms with Crippen molar-refractivity contribution in [2.45, 2.75) is 0 Å². The van der Waals surface area contributed by atoms with Gasteiger partial charge in [0, 0.05) is 35.7 Å². The number of thiocyanates is 1. The van der Waals surface area contributed by atoms with E-state index >= 15 is 0 Å². The van der Waals surface area contributed by atoms with Crippen LogP contribution in [-0.2, 0) is 32.7 Å². The van der Waals surface area contributed by atoms with Crippen LogP contribution in [0.25, 0.3) is 22.5 Å². The Hall–Kier alpha value is -3.18. The molecule has 2 heterocycles. The van der Waals surface area contributed by atoms with Gasteiger partial charge in [-0.05, 0) is 23.5 Å². The molecule has 0 saturated heterocycles. The van der Waals surface area contributed by atoms with Crippen LogP contribution < -0.4 is 0 Å². The Morgan fingerprint density at radius 1 is 0.750 bits per heavy atom. The van der Waals surface area contributed by atoms with Crippen LogP contribution in [-0.4, -0.2) is 9.97 Å². The summed E-state index contributed by atoms with van der Waals surface area (Å²) in [5, 5.41) is 8.47. The van der Waals surface area contributed by atoms with E-state index < -0.39 is 23.3 Å². The fourth-order valence-electron chi connectivity index (χ4n) is 2.30. The molecule has 3 nitrogen and oxygen atoms in total. The summed E-state index contributed by atoms with van der Waals surface area (Å²) in [5.41, 5.74) is 1.27. The summed E-state index contributed by atoms with van der Waals surface area (Å²) in [6.07, 6.45) is 3.10. The Kier molecular flexibility index (Phi) is 11.7. The van der Waals surface area contributed by atoms with Gasteiger partial charge in [-0.1, -0.05) is 52.9 Å². The van der Waals surface area contributed by atoms with Gasteiger partial charge in [0.1, 0.15) is 0 Å². The summed E-state index contributed by atoms with van der Waals surface area (Å²) >= 11 is 3.70. The van der Waals surface area contributed by atoms with Crippen LogP contribution in [0.1, 0.15) is 0 Å². The summed E-state index contributed by atoms with van der Waals surface area (Å²) in [4.78, 5) is 7.89. The summed E-state index contributed by atoms with van der Waals surface area (Å²) < 4.78 is 51.6. The van der Waals surface area contributed by atoms with E-state index in [4.69, 9.17) is 5.26 Å². The van der Waals surface area contributed by atoms with Gasteiger partial charge < -0.3 is 22.6 Å². The fraction of sp³-hybridized carbons (Fsp3) is 0. The maximum atomic E-state index is 13.2. The quantitative estimate of drug-likeness (QED) is 0.124. The Bertz CT molecular complexity index is 1070. The number of nitriles is 1. The monoisotopic (exact) mass is 631 g/mol. The number of rotatable bonds is 2. The molecule has 4 aromatic rings. The van der Waals surface area contributed by atoms with Crippen molar-refractivity contribution in [3.05, 3.63) is 108 Å². The summed E-state index contributed by atoms with van der Waals surface area (Å²) in [6.45, 7) is 0. The van der Waals surface area contributed by atoms with Crippen LogP contribution in [0.3, 0.4) is 0 Å². The van der Waals surface area contributed by atoms with E-state index in [0.29, 0.717) is 11.4 Å². The molecule has 32 heavy (non-hydrogen) atoms. The Morgan fingerprint density at radius 2 is 1.12 bits per heavy atom. The molecule has 0 N–H and O–H groups in total.